The molecule has 2 rings (SSSR count). The highest BCUT2D eigenvalue weighted by Gasteiger charge is 2.23. The standard InChI is InChI=1S/C13H16Cl3N3O.ClH/c14-9-3-11(16)12(4-10(9)15)18-13(20)7-19-2-1-8(5-17)6-19;/h3-4,8H,1-2,5-7,17H2,(H,18,20);1H. The lowest BCUT2D eigenvalue weighted by Gasteiger charge is -2.16. The Morgan fingerprint density at radius 1 is 1.29 bits per heavy atom. The van der Waals surface area contributed by atoms with Crippen molar-refractivity contribution in [3.8, 4) is 0 Å². The van der Waals surface area contributed by atoms with Crippen LogP contribution in [0.3, 0.4) is 0 Å². The van der Waals surface area contributed by atoms with E-state index in [0.717, 1.165) is 19.5 Å². The first kappa shape index (κ1) is 18.8. The summed E-state index contributed by atoms with van der Waals surface area (Å²) in [5.41, 5.74) is 6.10. The molecule has 0 aliphatic carbocycles. The Labute approximate surface area is 145 Å². The number of carbonyl (C=O) groups excluding carboxylic acids is 1. The van der Waals surface area contributed by atoms with Crippen LogP contribution in [0.1, 0.15) is 6.42 Å². The van der Waals surface area contributed by atoms with E-state index in [4.69, 9.17) is 40.5 Å². The van der Waals surface area contributed by atoms with Gasteiger partial charge in [-0.25, -0.2) is 0 Å². The van der Waals surface area contributed by atoms with E-state index in [0.29, 0.717) is 39.8 Å². The predicted octanol–water partition coefficient (Wildman–Crippen LogP) is 3.29. The van der Waals surface area contributed by atoms with Crippen molar-refractivity contribution in [2.24, 2.45) is 11.7 Å². The van der Waals surface area contributed by atoms with Crippen molar-refractivity contribution < 1.29 is 4.79 Å². The van der Waals surface area contributed by atoms with Gasteiger partial charge in [-0.05, 0) is 37.6 Å². The number of nitrogens with two attached hydrogens (primary N) is 1. The minimum Gasteiger partial charge on any atom is -0.330 e. The summed E-state index contributed by atoms with van der Waals surface area (Å²) >= 11 is 17.8. The van der Waals surface area contributed by atoms with Crippen LogP contribution in [0.4, 0.5) is 5.69 Å². The smallest absolute Gasteiger partial charge is 0.238 e. The highest BCUT2D eigenvalue weighted by Crippen LogP contribution is 2.32. The van der Waals surface area contributed by atoms with Crippen molar-refractivity contribution in [1.29, 1.82) is 0 Å². The zero-order valence-corrected chi connectivity index (χ0v) is 14.3. The van der Waals surface area contributed by atoms with Gasteiger partial charge in [0.25, 0.3) is 0 Å². The first-order valence-electron chi connectivity index (χ1n) is 6.36. The van der Waals surface area contributed by atoms with E-state index < -0.39 is 0 Å². The summed E-state index contributed by atoms with van der Waals surface area (Å²) in [6.45, 7) is 2.74. The first-order chi connectivity index (χ1) is 9.49. The van der Waals surface area contributed by atoms with Crippen LogP contribution in [0.25, 0.3) is 0 Å². The molecule has 1 aliphatic rings. The van der Waals surface area contributed by atoms with Gasteiger partial charge in [-0.3, -0.25) is 9.69 Å². The van der Waals surface area contributed by atoms with Crippen molar-refractivity contribution in [1.82, 2.24) is 4.90 Å². The molecule has 21 heavy (non-hydrogen) atoms. The van der Waals surface area contributed by atoms with Crippen LogP contribution in [-0.4, -0.2) is 37.0 Å². The minimum absolute atomic E-state index is 0. The maximum absolute atomic E-state index is 12.0. The molecule has 0 bridgehead atoms. The molecule has 1 aliphatic heterocycles. The van der Waals surface area contributed by atoms with Crippen molar-refractivity contribution in [3.05, 3.63) is 27.2 Å². The van der Waals surface area contributed by atoms with Gasteiger partial charge in [0.2, 0.25) is 5.91 Å². The van der Waals surface area contributed by atoms with Gasteiger partial charge in [-0.15, -0.1) is 12.4 Å². The number of amides is 1. The molecule has 118 valence electrons. The van der Waals surface area contributed by atoms with Crippen LogP contribution in [0.5, 0.6) is 0 Å². The van der Waals surface area contributed by atoms with Gasteiger partial charge in [0.15, 0.2) is 0 Å². The lowest BCUT2D eigenvalue weighted by Crippen LogP contribution is -2.32. The SMILES string of the molecule is Cl.NCC1CCN(CC(=O)Nc2cc(Cl)c(Cl)cc2Cl)C1. The largest absolute Gasteiger partial charge is 0.330 e. The molecule has 1 aromatic carbocycles. The molecular weight excluding hydrogens is 356 g/mol. The number of anilines is 1. The number of likely N-dealkylation sites (tertiary alicyclic amines) is 1. The third-order valence-electron chi connectivity index (χ3n) is 3.35. The van der Waals surface area contributed by atoms with Gasteiger partial charge in [0, 0.05) is 6.54 Å². The molecule has 8 heteroatoms. The molecule has 1 aromatic rings. The third-order valence-corrected chi connectivity index (χ3v) is 4.39. The summed E-state index contributed by atoms with van der Waals surface area (Å²) in [5, 5.41) is 3.84. The lowest BCUT2D eigenvalue weighted by molar-refractivity contribution is -0.117. The van der Waals surface area contributed by atoms with Crippen molar-refractivity contribution in [3.63, 3.8) is 0 Å². The molecule has 3 N–H and O–H groups in total. The second kappa shape index (κ2) is 8.42. The first-order valence-corrected chi connectivity index (χ1v) is 7.49. The molecular formula is C13H17Cl4N3O. The van der Waals surface area contributed by atoms with Crippen LogP contribution in [0.15, 0.2) is 12.1 Å². The molecule has 0 saturated carbocycles. The van der Waals surface area contributed by atoms with E-state index in [2.05, 4.69) is 10.2 Å². The molecule has 1 fully saturated rings. The normalized spacial score (nSPS) is 18.4. The van der Waals surface area contributed by atoms with Crippen LogP contribution in [0.2, 0.25) is 15.1 Å². The Morgan fingerprint density at radius 2 is 1.95 bits per heavy atom. The van der Waals surface area contributed by atoms with Gasteiger partial charge in [-0.1, -0.05) is 34.8 Å². The minimum atomic E-state index is -0.122. The summed E-state index contributed by atoms with van der Waals surface area (Å²) in [6, 6.07) is 3.07. The Morgan fingerprint density at radius 3 is 2.57 bits per heavy atom. The molecule has 1 heterocycles. The molecule has 1 unspecified atom stereocenters. The fourth-order valence-electron chi connectivity index (χ4n) is 2.26. The molecule has 0 aromatic heterocycles. The lowest BCUT2D eigenvalue weighted by atomic mass is 10.1. The number of nitrogens with one attached hydrogen (secondary N) is 1. The zero-order valence-electron chi connectivity index (χ0n) is 11.2. The average molecular weight is 373 g/mol. The fraction of sp³-hybridized carbons (Fsp3) is 0.462. The van der Waals surface area contributed by atoms with Crippen LogP contribution < -0.4 is 11.1 Å². The maximum Gasteiger partial charge on any atom is 0.238 e. The van der Waals surface area contributed by atoms with Gasteiger partial charge < -0.3 is 11.1 Å². The number of hydrogen-bond acceptors (Lipinski definition) is 3. The van der Waals surface area contributed by atoms with Crippen molar-refractivity contribution in [2.45, 2.75) is 6.42 Å². The fourth-order valence-corrected chi connectivity index (χ4v) is 2.85. The summed E-state index contributed by atoms with van der Waals surface area (Å²) in [4.78, 5) is 14.1. The van der Waals surface area contributed by atoms with Gasteiger partial charge in [0.1, 0.15) is 0 Å². The van der Waals surface area contributed by atoms with E-state index in [1.807, 2.05) is 0 Å². The predicted molar refractivity (Wildman–Crippen MR) is 91.0 cm³/mol. The van der Waals surface area contributed by atoms with E-state index in [-0.39, 0.29) is 18.3 Å². The second-order valence-electron chi connectivity index (χ2n) is 4.92. The Kier molecular flexibility index (Phi) is 7.54. The van der Waals surface area contributed by atoms with Crippen LogP contribution in [-0.2, 0) is 4.79 Å². The molecule has 0 radical (unpaired) electrons. The van der Waals surface area contributed by atoms with Crippen molar-refractivity contribution in [2.75, 3.05) is 31.5 Å². The van der Waals surface area contributed by atoms with Gasteiger partial charge >= 0.3 is 0 Å². The molecule has 1 atom stereocenters. The highest BCUT2D eigenvalue weighted by molar-refractivity contribution is 6.44. The number of rotatable bonds is 4. The quantitative estimate of drug-likeness (QED) is 0.797. The van der Waals surface area contributed by atoms with E-state index >= 15 is 0 Å². The van der Waals surface area contributed by atoms with Crippen molar-refractivity contribution >= 4 is 58.8 Å². The molecule has 1 amide bonds. The van der Waals surface area contributed by atoms with E-state index in [1.54, 1.807) is 6.07 Å². The van der Waals surface area contributed by atoms with E-state index in [9.17, 15) is 4.79 Å². The second-order valence-corrected chi connectivity index (χ2v) is 6.14. The number of benzene rings is 1. The Balaban J connectivity index is 0.00000220. The van der Waals surface area contributed by atoms with Gasteiger partial charge in [0.05, 0.1) is 27.3 Å². The number of nitrogens with zero attached hydrogens (tertiary/aromatic N) is 1. The summed E-state index contributed by atoms with van der Waals surface area (Å²) in [7, 11) is 0. The Hall–Kier alpha value is -0.230. The summed E-state index contributed by atoms with van der Waals surface area (Å²) in [6.07, 6.45) is 1.04. The Bertz CT molecular complexity index is 512. The summed E-state index contributed by atoms with van der Waals surface area (Å²) < 4.78 is 0. The molecule has 1 saturated heterocycles. The maximum atomic E-state index is 12.0. The topological polar surface area (TPSA) is 58.4 Å². The number of halogens is 4. The average Bonchev–Trinajstić information content (AvgIpc) is 2.83. The third kappa shape index (κ3) is 5.16. The van der Waals surface area contributed by atoms with Crippen LogP contribution in [0, 0.1) is 5.92 Å². The summed E-state index contributed by atoms with van der Waals surface area (Å²) in [5.74, 6) is 0.360. The number of hydrogen-bond donors (Lipinski definition) is 2. The molecule has 4 nitrogen and oxygen atoms in total. The zero-order chi connectivity index (χ0) is 14.7. The van der Waals surface area contributed by atoms with Crippen LogP contribution >= 0.6 is 47.2 Å². The van der Waals surface area contributed by atoms with Gasteiger partial charge in [-0.2, -0.15) is 0 Å². The monoisotopic (exact) mass is 371 g/mol. The molecule has 0 spiro atoms. The number of carbonyl (C=O) groups is 1. The highest BCUT2D eigenvalue weighted by atomic mass is 35.5. The van der Waals surface area contributed by atoms with E-state index in [1.165, 1.54) is 6.07 Å².